The fraction of sp³-hybridized carbons (Fsp3) is 0.250. The fourth-order valence-electron chi connectivity index (χ4n) is 4.58. The number of ketones is 1. The number of Topliss-reactive ketones (excluding diaryl/α,β-unsaturated/α-hetero) is 1. The Morgan fingerprint density at radius 3 is 2.47 bits per heavy atom. The van der Waals surface area contributed by atoms with E-state index < -0.39 is 0 Å². The minimum atomic E-state index is -0.257. The van der Waals surface area contributed by atoms with Crippen molar-refractivity contribution in [2.75, 3.05) is 12.4 Å². The van der Waals surface area contributed by atoms with E-state index in [0.717, 1.165) is 39.4 Å². The van der Waals surface area contributed by atoms with E-state index in [2.05, 4.69) is 10.5 Å². The van der Waals surface area contributed by atoms with Crippen molar-refractivity contribution in [2.45, 2.75) is 31.6 Å². The molecule has 30 heavy (non-hydrogen) atoms. The minimum absolute atomic E-state index is 0.0840. The number of anilines is 1. The molecule has 2 aromatic carbocycles. The molecule has 2 heterocycles. The number of methoxy groups -OCH3 is 1. The number of carbonyl (C=O) groups excluding carboxylic acids is 1. The van der Waals surface area contributed by atoms with Crippen molar-refractivity contribution >= 4 is 11.7 Å². The summed E-state index contributed by atoms with van der Waals surface area (Å²) in [4.78, 5) is 13.4. The zero-order valence-electron chi connectivity index (χ0n) is 16.8. The molecule has 2 N–H and O–H groups in total. The van der Waals surface area contributed by atoms with Crippen LogP contribution in [0.15, 0.2) is 64.3 Å². The highest BCUT2D eigenvalue weighted by atomic mass is 16.5. The monoisotopic (exact) mass is 402 g/mol. The average Bonchev–Trinajstić information content (AvgIpc) is 3.13. The van der Waals surface area contributed by atoms with Gasteiger partial charge in [0.1, 0.15) is 11.5 Å². The zero-order valence-corrected chi connectivity index (χ0v) is 16.8. The number of rotatable bonds is 3. The van der Waals surface area contributed by atoms with Crippen LogP contribution in [-0.2, 0) is 4.79 Å². The highest BCUT2D eigenvalue weighted by Crippen LogP contribution is 2.49. The van der Waals surface area contributed by atoms with E-state index in [0.29, 0.717) is 18.7 Å². The van der Waals surface area contributed by atoms with Gasteiger partial charge in [-0.2, -0.15) is 0 Å². The Bertz CT molecular complexity index is 1140. The molecule has 6 nitrogen and oxygen atoms in total. The number of fused-ring (bicyclic) bond motifs is 1. The zero-order chi connectivity index (χ0) is 20.8. The summed E-state index contributed by atoms with van der Waals surface area (Å²) in [6, 6.07) is 14.9. The number of aryl methyl sites for hydroxylation is 1. The van der Waals surface area contributed by atoms with Gasteiger partial charge in [0, 0.05) is 23.6 Å². The lowest BCUT2D eigenvalue weighted by atomic mass is 9.72. The SMILES string of the molecule is COc1ccc([C@@H]2CC(=O)C3=C(C2)Nc2onc(C)c2[C@H]3c2ccc(O)cc2)cc1. The molecule has 6 heteroatoms. The van der Waals surface area contributed by atoms with Crippen molar-refractivity contribution in [2.24, 2.45) is 0 Å². The Balaban J connectivity index is 1.58. The minimum Gasteiger partial charge on any atom is -0.508 e. The second kappa shape index (κ2) is 7.06. The number of phenolic OH excluding ortho intramolecular Hbond substituents is 1. The number of aromatic hydroxyl groups is 1. The Hall–Kier alpha value is -3.54. The summed E-state index contributed by atoms with van der Waals surface area (Å²) in [6.45, 7) is 1.89. The molecule has 0 saturated carbocycles. The van der Waals surface area contributed by atoms with Gasteiger partial charge in [-0.15, -0.1) is 0 Å². The largest absolute Gasteiger partial charge is 0.508 e. The average molecular weight is 402 g/mol. The smallest absolute Gasteiger partial charge is 0.233 e. The van der Waals surface area contributed by atoms with Gasteiger partial charge in [-0.3, -0.25) is 4.79 Å². The van der Waals surface area contributed by atoms with E-state index in [1.54, 1.807) is 19.2 Å². The van der Waals surface area contributed by atoms with Gasteiger partial charge in [-0.25, -0.2) is 0 Å². The van der Waals surface area contributed by atoms with Crippen LogP contribution in [0.3, 0.4) is 0 Å². The second-order valence-electron chi connectivity index (χ2n) is 7.85. The maximum absolute atomic E-state index is 13.4. The van der Waals surface area contributed by atoms with Gasteiger partial charge in [-0.05, 0) is 54.7 Å². The second-order valence-corrected chi connectivity index (χ2v) is 7.85. The standard InChI is InChI=1S/C24H22N2O4/c1-13-21-22(15-3-7-17(27)8-4-15)23-19(25-24(21)30-26-13)11-16(12-20(23)28)14-5-9-18(29-2)10-6-14/h3-10,16,22,25,27H,11-12H2,1-2H3/t16-,22+/m0/s1. The highest BCUT2D eigenvalue weighted by molar-refractivity contribution is 6.01. The third kappa shape index (κ3) is 2.96. The molecule has 152 valence electrons. The van der Waals surface area contributed by atoms with Gasteiger partial charge in [0.05, 0.1) is 18.4 Å². The van der Waals surface area contributed by atoms with Gasteiger partial charge in [-0.1, -0.05) is 29.4 Å². The molecule has 0 saturated heterocycles. The molecule has 0 spiro atoms. The summed E-state index contributed by atoms with van der Waals surface area (Å²) in [5, 5.41) is 17.2. The van der Waals surface area contributed by atoms with Crippen molar-refractivity contribution < 1.29 is 19.2 Å². The predicted molar refractivity (Wildman–Crippen MR) is 112 cm³/mol. The van der Waals surface area contributed by atoms with E-state index in [1.807, 2.05) is 43.3 Å². The lowest BCUT2D eigenvalue weighted by Crippen LogP contribution is -2.29. The summed E-state index contributed by atoms with van der Waals surface area (Å²) in [6.07, 6.45) is 1.16. The number of ether oxygens (including phenoxy) is 1. The lowest BCUT2D eigenvalue weighted by Gasteiger charge is -2.34. The number of benzene rings is 2. The quantitative estimate of drug-likeness (QED) is 0.663. The summed E-state index contributed by atoms with van der Waals surface area (Å²) in [5.74, 6) is 1.53. The van der Waals surface area contributed by atoms with Crippen molar-refractivity contribution in [1.29, 1.82) is 0 Å². The first kappa shape index (κ1) is 18.5. The van der Waals surface area contributed by atoms with Gasteiger partial charge in [0.15, 0.2) is 5.78 Å². The van der Waals surface area contributed by atoms with E-state index in [-0.39, 0.29) is 23.4 Å². The molecule has 0 fully saturated rings. The topological polar surface area (TPSA) is 84.6 Å². The fourth-order valence-corrected chi connectivity index (χ4v) is 4.58. The van der Waals surface area contributed by atoms with E-state index in [9.17, 15) is 9.90 Å². The Kier molecular flexibility index (Phi) is 4.35. The molecule has 1 aromatic heterocycles. The first-order valence-corrected chi connectivity index (χ1v) is 9.97. The first-order valence-electron chi connectivity index (χ1n) is 9.97. The first-order chi connectivity index (χ1) is 14.5. The summed E-state index contributed by atoms with van der Waals surface area (Å²) >= 11 is 0. The number of carbonyl (C=O) groups is 1. The van der Waals surface area contributed by atoms with E-state index in [4.69, 9.17) is 9.26 Å². The van der Waals surface area contributed by atoms with Gasteiger partial charge in [0.2, 0.25) is 5.88 Å². The van der Waals surface area contributed by atoms with Crippen LogP contribution in [0.4, 0.5) is 5.88 Å². The van der Waals surface area contributed by atoms with Gasteiger partial charge >= 0.3 is 0 Å². The number of hydrogen-bond donors (Lipinski definition) is 2. The molecule has 0 amide bonds. The number of phenols is 1. The third-order valence-electron chi connectivity index (χ3n) is 6.07. The number of hydrogen-bond acceptors (Lipinski definition) is 6. The molecule has 2 aliphatic rings. The van der Waals surface area contributed by atoms with E-state index >= 15 is 0 Å². The van der Waals surface area contributed by atoms with Crippen LogP contribution in [0.25, 0.3) is 0 Å². The molecule has 0 bridgehead atoms. The molecule has 5 rings (SSSR count). The van der Waals surface area contributed by atoms with Crippen LogP contribution < -0.4 is 10.1 Å². The summed E-state index contributed by atoms with van der Waals surface area (Å²) in [7, 11) is 1.64. The summed E-state index contributed by atoms with van der Waals surface area (Å²) < 4.78 is 10.8. The van der Waals surface area contributed by atoms with Gasteiger partial charge in [0.25, 0.3) is 0 Å². The van der Waals surface area contributed by atoms with Crippen molar-refractivity contribution in [3.05, 3.63) is 82.2 Å². The number of allylic oxidation sites excluding steroid dienone is 2. The molecule has 1 aliphatic heterocycles. The van der Waals surface area contributed by atoms with Crippen molar-refractivity contribution in [3.8, 4) is 11.5 Å². The number of aromatic nitrogens is 1. The van der Waals surface area contributed by atoms with Gasteiger partial charge < -0.3 is 19.7 Å². The van der Waals surface area contributed by atoms with Crippen LogP contribution in [0, 0.1) is 6.92 Å². The third-order valence-corrected chi connectivity index (χ3v) is 6.07. The number of nitrogens with one attached hydrogen (secondary N) is 1. The maximum atomic E-state index is 13.4. The molecular weight excluding hydrogens is 380 g/mol. The molecule has 0 radical (unpaired) electrons. The lowest BCUT2D eigenvalue weighted by molar-refractivity contribution is -0.116. The molecule has 1 aliphatic carbocycles. The van der Waals surface area contributed by atoms with Crippen LogP contribution in [0.5, 0.6) is 11.5 Å². The van der Waals surface area contributed by atoms with Crippen LogP contribution in [-0.4, -0.2) is 23.2 Å². The summed E-state index contributed by atoms with van der Waals surface area (Å²) in [5.41, 5.74) is 5.34. The molecule has 3 aromatic rings. The Labute approximate surface area is 174 Å². The maximum Gasteiger partial charge on any atom is 0.233 e. The Morgan fingerprint density at radius 1 is 1.07 bits per heavy atom. The normalized spacial score (nSPS) is 20.4. The predicted octanol–water partition coefficient (Wildman–Crippen LogP) is 4.66. The Morgan fingerprint density at radius 2 is 1.77 bits per heavy atom. The number of nitrogens with zero attached hydrogens (tertiary/aromatic N) is 1. The van der Waals surface area contributed by atoms with Crippen LogP contribution >= 0.6 is 0 Å². The van der Waals surface area contributed by atoms with Crippen molar-refractivity contribution in [3.63, 3.8) is 0 Å². The molecule has 2 atom stereocenters. The molecule has 0 unspecified atom stereocenters. The van der Waals surface area contributed by atoms with Crippen LogP contribution in [0.1, 0.15) is 47.1 Å². The highest BCUT2D eigenvalue weighted by Gasteiger charge is 2.41. The van der Waals surface area contributed by atoms with Crippen LogP contribution in [0.2, 0.25) is 0 Å². The molecular formula is C24H22N2O4. The van der Waals surface area contributed by atoms with E-state index in [1.165, 1.54) is 0 Å². The van der Waals surface area contributed by atoms with Crippen molar-refractivity contribution in [1.82, 2.24) is 5.16 Å².